The zero-order chi connectivity index (χ0) is 17.4. The van der Waals surface area contributed by atoms with E-state index in [1.807, 2.05) is 24.3 Å². The van der Waals surface area contributed by atoms with E-state index in [0.717, 1.165) is 41.4 Å². The van der Waals surface area contributed by atoms with E-state index < -0.39 is 5.41 Å². The highest BCUT2D eigenvalue weighted by molar-refractivity contribution is 9.10. The summed E-state index contributed by atoms with van der Waals surface area (Å²) in [5.41, 5.74) is 1.98. The number of hydrogen-bond acceptors (Lipinski definition) is 2. The summed E-state index contributed by atoms with van der Waals surface area (Å²) < 4.78 is 1.01. The number of halogens is 1. The van der Waals surface area contributed by atoms with E-state index >= 15 is 0 Å². The predicted molar refractivity (Wildman–Crippen MR) is 101 cm³/mol. The second-order valence-electron chi connectivity index (χ2n) is 6.87. The Hall–Kier alpha value is -2.14. The van der Waals surface area contributed by atoms with Crippen molar-refractivity contribution in [3.05, 3.63) is 64.1 Å². The molecule has 2 aromatic rings. The standard InChI is InChI=1S/C20H19BrN2O2/c21-15-5-3-14(4-6-15)20(11-12-20)19(25)23-17-7-1-13(2-8-17)18(24)22-16-9-10-16/h1-8,16H,9-12H2,(H,22,24)(H,23,25). The lowest BCUT2D eigenvalue weighted by molar-refractivity contribution is -0.118. The van der Waals surface area contributed by atoms with Crippen LogP contribution >= 0.6 is 15.9 Å². The van der Waals surface area contributed by atoms with Crippen molar-refractivity contribution in [3.8, 4) is 0 Å². The van der Waals surface area contributed by atoms with Gasteiger partial charge in [-0.15, -0.1) is 0 Å². The Labute approximate surface area is 155 Å². The van der Waals surface area contributed by atoms with E-state index in [9.17, 15) is 9.59 Å². The first-order chi connectivity index (χ1) is 12.1. The number of carbonyl (C=O) groups excluding carboxylic acids is 2. The summed E-state index contributed by atoms with van der Waals surface area (Å²) in [4.78, 5) is 24.8. The lowest BCUT2D eigenvalue weighted by atomic mass is 9.95. The molecule has 0 heterocycles. The maximum absolute atomic E-state index is 12.8. The van der Waals surface area contributed by atoms with Gasteiger partial charge in [-0.25, -0.2) is 0 Å². The Kier molecular flexibility index (Phi) is 4.12. The van der Waals surface area contributed by atoms with Gasteiger partial charge in [-0.2, -0.15) is 0 Å². The second-order valence-corrected chi connectivity index (χ2v) is 7.78. The lowest BCUT2D eigenvalue weighted by Crippen LogP contribution is -2.28. The minimum atomic E-state index is -0.414. The first-order valence-electron chi connectivity index (χ1n) is 8.55. The van der Waals surface area contributed by atoms with Crippen molar-refractivity contribution in [1.82, 2.24) is 5.32 Å². The van der Waals surface area contributed by atoms with Crippen molar-refractivity contribution >= 4 is 33.4 Å². The van der Waals surface area contributed by atoms with Crippen molar-refractivity contribution in [2.45, 2.75) is 37.1 Å². The van der Waals surface area contributed by atoms with Gasteiger partial charge in [0, 0.05) is 21.8 Å². The van der Waals surface area contributed by atoms with Crippen LogP contribution in [0, 0.1) is 0 Å². The van der Waals surface area contributed by atoms with Crippen molar-refractivity contribution in [2.75, 3.05) is 5.32 Å². The third kappa shape index (κ3) is 3.47. The number of carbonyl (C=O) groups is 2. The minimum absolute atomic E-state index is 0.0185. The fourth-order valence-electron chi connectivity index (χ4n) is 2.99. The van der Waals surface area contributed by atoms with Gasteiger partial charge in [0.2, 0.25) is 5.91 Å². The lowest BCUT2D eigenvalue weighted by Gasteiger charge is -2.16. The van der Waals surface area contributed by atoms with Gasteiger partial charge in [0.05, 0.1) is 5.41 Å². The summed E-state index contributed by atoms with van der Waals surface area (Å²) in [7, 11) is 0. The zero-order valence-corrected chi connectivity index (χ0v) is 15.3. The van der Waals surface area contributed by atoms with Crippen LogP contribution in [0.2, 0.25) is 0 Å². The predicted octanol–water partition coefficient (Wildman–Crippen LogP) is 4.01. The second kappa shape index (κ2) is 6.30. The maximum Gasteiger partial charge on any atom is 0.251 e. The molecule has 2 aliphatic carbocycles. The molecule has 5 heteroatoms. The van der Waals surface area contributed by atoms with Crippen LogP contribution in [0.25, 0.3) is 0 Å². The third-order valence-corrected chi connectivity index (χ3v) is 5.43. The van der Waals surface area contributed by atoms with Crippen LogP contribution in [0.5, 0.6) is 0 Å². The van der Waals surface area contributed by atoms with E-state index in [4.69, 9.17) is 0 Å². The number of anilines is 1. The van der Waals surface area contributed by atoms with Gasteiger partial charge in [0.25, 0.3) is 5.91 Å². The zero-order valence-electron chi connectivity index (χ0n) is 13.7. The molecule has 128 valence electrons. The molecule has 2 amide bonds. The quantitative estimate of drug-likeness (QED) is 0.798. The van der Waals surface area contributed by atoms with Gasteiger partial charge in [0.1, 0.15) is 0 Å². The molecule has 2 aromatic carbocycles. The molecule has 2 N–H and O–H groups in total. The molecular weight excluding hydrogens is 380 g/mol. The summed E-state index contributed by atoms with van der Waals surface area (Å²) in [5.74, 6) is -0.0288. The Bertz CT molecular complexity index is 807. The van der Waals surface area contributed by atoms with Crippen LogP contribution in [0.3, 0.4) is 0 Å². The van der Waals surface area contributed by atoms with E-state index in [-0.39, 0.29) is 11.8 Å². The first kappa shape index (κ1) is 16.3. The Morgan fingerprint density at radius 2 is 1.60 bits per heavy atom. The summed E-state index contributed by atoms with van der Waals surface area (Å²) >= 11 is 3.43. The molecule has 0 aliphatic heterocycles. The van der Waals surface area contributed by atoms with Gasteiger partial charge in [-0.3, -0.25) is 9.59 Å². The molecular formula is C20H19BrN2O2. The van der Waals surface area contributed by atoms with Gasteiger partial charge in [-0.05, 0) is 67.6 Å². The molecule has 2 saturated carbocycles. The van der Waals surface area contributed by atoms with Gasteiger partial charge in [0.15, 0.2) is 0 Å². The molecule has 0 radical (unpaired) electrons. The third-order valence-electron chi connectivity index (χ3n) is 4.90. The summed E-state index contributed by atoms with van der Waals surface area (Å²) in [6, 6.07) is 15.4. The molecule has 0 atom stereocenters. The molecule has 0 saturated heterocycles. The van der Waals surface area contributed by atoms with E-state index in [1.165, 1.54) is 0 Å². The molecule has 0 aromatic heterocycles. The molecule has 4 nitrogen and oxygen atoms in total. The van der Waals surface area contributed by atoms with Gasteiger partial charge >= 0.3 is 0 Å². The number of nitrogens with one attached hydrogen (secondary N) is 2. The first-order valence-corrected chi connectivity index (χ1v) is 9.35. The van der Waals surface area contributed by atoms with Gasteiger partial charge in [-0.1, -0.05) is 28.1 Å². The highest BCUT2D eigenvalue weighted by Crippen LogP contribution is 2.49. The van der Waals surface area contributed by atoms with Crippen LogP contribution in [0.1, 0.15) is 41.6 Å². The van der Waals surface area contributed by atoms with E-state index in [0.29, 0.717) is 11.6 Å². The Morgan fingerprint density at radius 1 is 0.960 bits per heavy atom. The van der Waals surface area contributed by atoms with Crippen molar-refractivity contribution < 1.29 is 9.59 Å². The fraction of sp³-hybridized carbons (Fsp3) is 0.300. The van der Waals surface area contributed by atoms with Crippen LogP contribution in [0.15, 0.2) is 53.0 Å². The number of benzene rings is 2. The molecule has 2 fully saturated rings. The Morgan fingerprint density at radius 3 is 2.16 bits per heavy atom. The van der Waals surface area contributed by atoms with Crippen LogP contribution in [-0.4, -0.2) is 17.9 Å². The summed E-state index contributed by atoms with van der Waals surface area (Å²) in [5, 5.41) is 5.96. The molecule has 2 aliphatic rings. The molecule has 0 bridgehead atoms. The average molecular weight is 399 g/mol. The molecule has 0 unspecified atom stereocenters. The van der Waals surface area contributed by atoms with Crippen LogP contribution in [0.4, 0.5) is 5.69 Å². The molecule has 25 heavy (non-hydrogen) atoms. The Balaban J connectivity index is 1.43. The minimum Gasteiger partial charge on any atom is -0.349 e. The maximum atomic E-state index is 12.8. The number of amides is 2. The van der Waals surface area contributed by atoms with Crippen LogP contribution in [-0.2, 0) is 10.2 Å². The summed E-state index contributed by atoms with van der Waals surface area (Å²) in [6.45, 7) is 0. The highest BCUT2D eigenvalue weighted by Gasteiger charge is 2.51. The van der Waals surface area contributed by atoms with E-state index in [2.05, 4.69) is 26.6 Å². The highest BCUT2D eigenvalue weighted by atomic mass is 79.9. The smallest absolute Gasteiger partial charge is 0.251 e. The number of rotatable bonds is 5. The average Bonchev–Trinajstić information content (AvgIpc) is 3.51. The van der Waals surface area contributed by atoms with Gasteiger partial charge < -0.3 is 10.6 Å². The monoisotopic (exact) mass is 398 g/mol. The largest absolute Gasteiger partial charge is 0.349 e. The van der Waals surface area contributed by atoms with Crippen molar-refractivity contribution in [3.63, 3.8) is 0 Å². The van der Waals surface area contributed by atoms with Crippen LogP contribution < -0.4 is 10.6 Å². The fourth-order valence-corrected chi connectivity index (χ4v) is 3.26. The van der Waals surface area contributed by atoms with E-state index in [1.54, 1.807) is 24.3 Å². The van der Waals surface area contributed by atoms with Crippen molar-refractivity contribution in [2.24, 2.45) is 0 Å². The molecule has 4 rings (SSSR count). The topological polar surface area (TPSA) is 58.2 Å². The number of hydrogen-bond donors (Lipinski definition) is 2. The normalized spacial score (nSPS) is 17.6. The SMILES string of the molecule is O=C(NC1CC1)c1ccc(NC(=O)C2(c3ccc(Br)cc3)CC2)cc1. The molecule has 0 spiro atoms. The summed E-state index contributed by atoms with van der Waals surface area (Å²) in [6.07, 6.45) is 3.86. The van der Waals surface area contributed by atoms with Crippen molar-refractivity contribution in [1.29, 1.82) is 0 Å².